The van der Waals surface area contributed by atoms with Crippen LogP contribution in [0.25, 0.3) is 0 Å². The average Bonchev–Trinajstić information content (AvgIpc) is 3.13. The summed E-state index contributed by atoms with van der Waals surface area (Å²) in [4.78, 5) is 11.5. The van der Waals surface area contributed by atoms with E-state index < -0.39 is 16.0 Å². The molecule has 1 aromatic carbocycles. The van der Waals surface area contributed by atoms with Gasteiger partial charge in [-0.3, -0.25) is 0 Å². The summed E-state index contributed by atoms with van der Waals surface area (Å²) in [7, 11) is -3.80. The molecular weight excluding hydrogens is 372 g/mol. The van der Waals surface area contributed by atoms with Crippen LogP contribution in [0.4, 0.5) is 5.69 Å². The predicted octanol–water partition coefficient (Wildman–Crippen LogP) is 2.07. The highest BCUT2D eigenvalue weighted by Gasteiger charge is 2.22. The molecule has 3 N–H and O–H groups in total. The summed E-state index contributed by atoms with van der Waals surface area (Å²) in [6.07, 6.45) is 2.45. The highest BCUT2D eigenvalue weighted by molar-refractivity contribution is 7.89. The van der Waals surface area contributed by atoms with Crippen molar-refractivity contribution in [3.63, 3.8) is 0 Å². The maximum absolute atomic E-state index is 12.4. The van der Waals surface area contributed by atoms with Gasteiger partial charge in [-0.2, -0.15) is 0 Å². The van der Waals surface area contributed by atoms with Gasteiger partial charge in [0, 0.05) is 32.0 Å². The standard InChI is InChI=1S/C18H28N2O6S/c1-13(2)25-10-4-8-19-17-7-6-15(11-16(17)18(21)22)27(23,24)20-12-14-5-3-9-26-14/h6-7,11,13-14,19-20H,3-5,8-10,12H2,1-2H3,(H,21,22)/t14-/m0/s1. The van der Waals surface area contributed by atoms with Gasteiger partial charge in [0.05, 0.1) is 22.7 Å². The number of carbonyl (C=O) groups is 1. The summed E-state index contributed by atoms with van der Waals surface area (Å²) in [6.45, 7) is 5.80. The smallest absolute Gasteiger partial charge is 0.337 e. The fraction of sp³-hybridized carbons (Fsp3) is 0.611. The highest BCUT2D eigenvalue weighted by Crippen LogP contribution is 2.21. The van der Waals surface area contributed by atoms with Crippen molar-refractivity contribution in [2.45, 2.75) is 50.2 Å². The van der Waals surface area contributed by atoms with Crippen molar-refractivity contribution in [1.29, 1.82) is 0 Å². The molecule has 1 heterocycles. The number of nitrogens with one attached hydrogen (secondary N) is 2. The molecule has 1 aromatic rings. The lowest BCUT2D eigenvalue weighted by Gasteiger charge is -2.14. The minimum Gasteiger partial charge on any atom is -0.478 e. The van der Waals surface area contributed by atoms with E-state index in [2.05, 4.69) is 10.0 Å². The number of carboxylic acid groups (broad SMARTS) is 1. The molecule has 8 nitrogen and oxygen atoms in total. The number of hydrogen-bond acceptors (Lipinski definition) is 6. The summed E-state index contributed by atoms with van der Waals surface area (Å²) in [6, 6.07) is 4.05. The van der Waals surface area contributed by atoms with Crippen LogP contribution in [0.5, 0.6) is 0 Å². The number of aromatic carboxylic acids is 1. The topological polar surface area (TPSA) is 114 Å². The van der Waals surface area contributed by atoms with Crippen LogP contribution in [0.15, 0.2) is 23.1 Å². The first-order valence-corrected chi connectivity index (χ1v) is 10.6. The SMILES string of the molecule is CC(C)OCCCNc1ccc(S(=O)(=O)NC[C@@H]2CCCO2)cc1C(=O)O. The van der Waals surface area contributed by atoms with Gasteiger partial charge in [-0.05, 0) is 51.3 Å². The van der Waals surface area contributed by atoms with E-state index in [0.29, 0.717) is 31.9 Å². The van der Waals surface area contributed by atoms with E-state index in [1.807, 2.05) is 13.8 Å². The Bertz CT molecular complexity index is 729. The average molecular weight is 400 g/mol. The molecule has 1 aliphatic heterocycles. The molecule has 0 amide bonds. The monoisotopic (exact) mass is 400 g/mol. The second-order valence-electron chi connectivity index (χ2n) is 6.70. The molecule has 2 rings (SSSR count). The van der Waals surface area contributed by atoms with Crippen molar-refractivity contribution in [3.8, 4) is 0 Å². The number of sulfonamides is 1. The van der Waals surface area contributed by atoms with Crippen molar-refractivity contribution < 1.29 is 27.8 Å². The summed E-state index contributed by atoms with van der Waals surface area (Å²) >= 11 is 0. The van der Waals surface area contributed by atoms with Gasteiger partial charge < -0.3 is 19.9 Å². The molecule has 0 radical (unpaired) electrons. The molecule has 0 aliphatic carbocycles. The highest BCUT2D eigenvalue weighted by atomic mass is 32.2. The van der Waals surface area contributed by atoms with E-state index in [9.17, 15) is 18.3 Å². The van der Waals surface area contributed by atoms with E-state index >= 15 is 0 Å². The number of ether oxygens (including phenoxy) is 2. The first kappa shape index (κ1) is 21.6. The fourth-order valence-corrected chi connectivity index (χ4v) is 3.82. The molecule has 1 aliphatic rings. The zero-order valence-corrected chi connectivity index (χ0v) is 16.5. The van der Waals surface area contributed by atoms with Crippen LogP contribution < -0.4 is 10.0 Å². The second-order valence-corrected chi connectivity index (χ2v) is 8.47. The number of rotatable bonds is 11. The van der Waals surface area contributed by atoms with Gasteiger partial charge in [-0.15, -0.1) is 0 Å². The molecule has 1 fully saturated rings. The van der Waals surface area contributed by atoms with E-state index in [-0.39, 0.29) is 29.2 Å². The Labute approximate surface area is 160 Å². The van der Waals surface area contributed by atoms with Crippen molar-refractivity contribution in [2.24, 2.45) is 0 Å². The number of benzene rings is 1. The van der Waals surface area contributed by atoms with E-state index in [0.717, 1.165) is 12.8 Å². The summed E-state index contributed by atoms with van der Waals surface area (Å²) in [5, 5.41) is 12.5. The molecule has 1 atom stereocenters. The molecule has 0 spiro atoms. The Morgan fingerprint density at radius 3 is 2.81 bits per heavy atom. The van der Waals surface area contributed by atoms with E-state index in [1.54, 1.807) is 0 Å². The third-order valence-electron chi connectivity index (χ3n) is 4.14. The van der Waals surface area contributed by atoms with Gasteiger partial charge in [0.15, 0.2) is 0 Å². The minimum absolute atomic E-state index is 0.0772. The van der Waals surface area contributed by atoms with Crippen molar-refractivity contribution in [1.82, 2.24) is 4.72 Å². The molecule has 0 unspecified atom stereocenters. The normalized spacial score (nSPS) is 17.4. The Morgan fingerprint density at radius 1 is 1.41 bits per heavy atom. The number of carboxylic acids is 1. The summed E-state index contributed by atoms with van der Waals surface area (Å²) in [5.74, 6) is -1.19. The van der Waals surface area contributed by atoms with E-state index in [4.69, 9.17) is 9.47 Å². The zero-order chi connectivity index (χ0) is 19.9. The Balaban J connectivity index is 2.01. The molecule has 0 aromatic heterocycles. The van der Waals surface area contributed by atoms with Gasteiger partial charge in [-0.1, -0.05) is 0 Å². The summed E-state index contributed by atoms with van der Waals surface area (Å²) < 4.78 is 38.2. The largest absolute Gasteiger partial charge is 0.478 e. The van der Waals surface area contributed by atoms with Crippen LogP contribution in [0.1, 0.15) is 43.5 Å². The Morgan fingerprint density at radius 2 is 2.19 bits per heavy atom. The van der Waals surface area contributed by atoms with Crippen molar-refractivity contribution >= 4 is 21.7 Å². The van der Waals surface area contributed by atoms with E-state index in [1.165, 1.54) is 18.2 Å². The minimum atomic E-state index is -3.80. The number of hydrogen-bond donors (Lipinski definition) is 3. The van der Waals surface area contributed by atoms with Gasteiger partial charge in [-0.25, -0.2) is 17.9 Å². The lowest BCUT2D eigenvalue weighted by Crippen LogP contribution is -2.32. The molecule has 0 bridgehead atoms. The molecule has 9 heteroatoms. The van der Waals surface area contributed by atoms with Gasteiger partial charge in [0.2, 0.25) is 10.0 Å². The Hall–Kier alpha value is -1.68. The lowest BCUT2D eigenvalue weighted by atomic mass is 10.2. The van der Waals surface area contributed by atoms with Gasteiger partial charge in [0.1, 0.15) is 0 Å². The lowest BCUT2D eigenvalue weighted by molar-refractivity contribution is 0.0697. The first-order chi connectivity index (χ1) is 12.8. The van der Waals surface area contributed by atoms with Crippen molar-refractivity contribution in [2.75, 3.05) is 31.6 Å². The molecule has 152 valence electrons. The quantitative estimate of drug-likeness (QED) is 0.487. The van der Waals surface area contributed by atoms with Crippen LogP contribution in [0.3, 0.4) is 0 Å². The zero-order valence-electron chi connectivity index (χ0n) is 15.7. The summed E-state index contributed by atoms with van der Waals surface area (Å²) in [5.41, 5.74) is 0.296. The predicted molar refractivity (Wildman–Crippen MR) is 102 cm³/mol. The van der Waals surface area contributed by atoms with Gasteiger partial charge in [0.25, 0.3) is 0 Å². The maximum atomic E-state index is 12.4. The van der Waals surface area contributed by atoms with Crippen LogP contribution in [-0.4, -0.2) is 58.0 Å². The van der Waals surface area contributed by atoms with Crippen LogP contribution >= 0.6 is 0 Å². The molecular formula is C18H28N2O6S. The van der Waals surface area contributed by atoms with Crippen LogP contribution in [0, 0.1) is 0 Å². The maximum Gasteiger partial charge on any atom is 0.337 e. The fourth-order valence-electron chi connectivity index (χ4n) is 2.73. The molecule has 27 heavy (non-hydrogen) atoms. The van der Waals surface area contributed by atoms with Crippen molar-refractivity contribution in [3.05, 3.63) is 23.8 Å². The number of anilines is 1. The van der Waals surface area contributed by atoms with Crippen LogP contribution in [0.2, 0.25) is 0 Å². The molecule has 0 saturated carbocycles. The molecule has 1 saturated heterocycles. The van der Waals surface area contributed by atoms with Gasteiger partial charge >= 0.3 is 5.97 Å². The van der Waals surface area contributed by atoms with Crippen LogP contribution in [-0.2, 0) is 19.5 Å². The third kappa shape index (κ3) is 6.76. The second kappa shape index (κ2) is 10.0. The Kier molecular flexibility index (Phi) is 8.03. The first-order valence-electron chi connectivity index (χ1n) is 9.13. The third-order valence-corrected chi connectivity index (χ3v) is 5.57.